The number of aromatic nitrogens is 1. The molecule has 0 unspecified atom stereocenters. The number of benzene rings is 1. The summed E-state index contributed by atoms with van der Waals surface area (Å²) in [5.41, 5.74) is 2.33. The highest BCUT2D eigenvalue weighted by Gasteiger charge is 2.06. The van der Waals surface area contributed by atoms with Crippen molar-refractivity contribution in [1.29, 1.82) is 0 Å². The molecule has 1 N–H and O–H groups in total. The topological polar surface area (TPSA) is 37.4 Å². The molecule has 0 bridgehead atoms. The van der Waals surface area contributed by atoms with Gasteiger partial charge in [-0.2, -0.15) is 0 Å². The van der Waals surface area contributed by atoms with Gasteiger partial charge in [-0.15, -0.1) is 0 Å². The van der Waals surface area contributed by atoms with E-state index in [1.54, 1.807) is 7.11 Å². The van der Waals surface area contributed by atoms with Crippen molar-refractivity contribution in [1.82, 2.24) is 10.3 Å². The number of rotatable bonds is 7. The molecule has 2 rings (SSSR count). The van der Waals surface area contributed by atoms with Crippen molar-refractivity contribution in [3.63, 3.8) is 0 Å². The first-order chi connectivity index (χ1) is 10.2. The second kappa shape index (κ2) is 7.64. The van der Waals surface area contributed by atoms with Crippen LogP contribution in [-0.4, -0.2) is 25.7 Å². The molecule has 0 aliphatic heterocycles. The lowest BCUT2D eigenvalue weighted by atomic mass is 10.2. The number of anilines is 2. The number of hydrogen-bond acceptors (Lipinski definition) is 4. The smallest absolute Gasteiger partial charge is 0.132 e. The number of nitrogens with zero attached hydrogens (tertiary/aromatic N) is 2. The van der Waals surface area contributed by atoms with Crippen molar-refractivity contribution < 1.29 is 4.74 Å². The van der Waals surface area contributed by atoms with E-state index in [1.807, 2.05) is 43.6 Å². The Morgan fingerprint density at radius 3 is 2.62 bits per heavy atom. The first-order valence-corrected chi connectivity index (χ1v) is 7.28. The summed E-state index contributed by atoms with van der Waals surface area (Å²) in [5.74, 6) is 1.80. The molecule has 21 heavy (non-hydrogen) atoms. The molecule has 4 heteroatoms. The van der Waals surface area contributed by atoms with E-state index in [9.17, 15) is 0 Å². The van der Waals surface area contributed by atoms with Crippen LogP contribution in [0.25, 0.3) is 0 Å². The molecule has 1 aromatic carbocycles. The SMILES string of the molecule is CCCNCc1ccnc(N(C)c2ccc(OC)cc2)c1. The van der Waals surface area contributed by atoms with Crippen LogP contribution in [0.15, 0.2) is 42.6 Å². The molecule has 0 aliphatic carbocycles. The van der Waals surface area contributed by atoms with Crippen molar-refractivity contribution in [3.05, 3.63) is 48.2 Å². The van der Waals surface area contributed by atoms with Gasteiger partial charge in [-0.25, -0.2) is 4.98 Å². The minimum atomic E-state index is 0.859. The van der Waals surface area contributed by atoms with E-state index in [4.69, 9.17) is 4.74 Å². The zero-order valence-corrected chi connectivity index (χ0v) is 13.0. The monoisotopic (exact) mass is 285 g/mol. The molecule has 0 saturated heterocycles. The van der Waals surface area contributed by atoms with Crippen LogP contribution in [0.4, 0.5) is 11.5 Å². The maximum absolute atomic E-state index is 5.19. The summed E-state index contributed by atoms with van der Waals surface area (Å²) in [6.45, 7) is 4.08. The Hall–Kier alpha value is -2.07. The fraction of sp³-hybridized carbons (Fsp3) is 0.353. The van der Waals surface area contributed by atoms with Crippen LogP contribution in [0.5, 0.6) is 5.75 Å². The first-order valence-electron chi connectivity index (χ1n) is 7.28. The van der Waals surface area contributed by atoms with Crippen molar-refractivity contribution in [2.75, 3.05) is 25.6 Å². The van der Waals surface area contributed by atoms with Gasteiger partial charge in [-0.05, 0) is 54.9 Å². The quantitative estimate of drug-likeness (QED) is 0.792. The Balaban J connectivity index is 2.10. The summed E-state index contributed by atoms with van der Waals surface area (Å²) in [5, 5.41) is 3.41. The average Bonchev–Trinajstić information content (AvgIpc) is 2.55. The van der Waals surface area contributed by atoms with Gasteiger partial charge >= 0.3 is 0 Å². The standard InChI is InChI=1S/C17H23N3O/c1-4-10-18-13-14-9-11-19-17(12-14)20(2)15-5-7-16(21-3)8-6-15/h5-9,11-12,18H,4,10,13H2,1-3H3. The zero-order chi connectivity index (χ0) is 15.1. The average molecular weight is 285 g/mol. The van der Waals surface area contributed by atoms with E-state index in [0.29, 0.717) is 0 Å². The van der Waals surface area contributed by atoms with Gasteiger partial charge in [-0.1, -0.05) is 6.92 Å². The summed E-state index contributed by atoms with van der Waals surface area (Å²) in [4.78, 5) is 6.53. The van der Waals surface area contributed by atoms with Gasteiger partial charge in [0.2, 0.25) is 0 Å². The van der Waals surface area contributed by atoms with Crippen LogP contribution >= 0.6 is 0 Å². The fourth-order valence-corrected chi connectivity index (χ4v) is 2.10. The molecular formula is C17H23N3O. The largest absolute Gasteiger partial charge is 0.497 e. The van der Waals surface area contributed by atoms with Crippen LogP contribution in [0.2, 0.25) is 0 Å². The minimum Gasteiger partial charge on any atom is -0.497 e. The Bertz CT molecular complexity index is 554. The van der Waals surface area contributed by atoms with Gasteiger partial charge < -0.3 is 15.0 Å². The van der Waals surface area contributed by atoms with Crippen LogP contribution < -0.4 is 15.0 Å². The Morgan fingerprint density at radius 2 is 1.95 bits per heavy atom. The number of methoxy groups -OCH3 is 1. The number of nitrogens with one attached hydrogen (secondary N) is 1. The maximum Gasteiger partial charge on any atom is 0.132 e. The zero-order valence-electron chi connectivity index (χ0n) is 13.0. The van der Waals surface area contributed by atoms with Gasteiger partial charge in [0, 0.05) is 25.5 Å². The van der Waals surface area contributed by atoms with Gasteiger partial charge in [0.25, 0.3) is 0 Å². The number of ether oxygens (including phenoxy) is 1. The van der Waals surface area contributed by atoms with Crippen LogP contribution in [0.3, 0.4) is 0 Å². The van der Waals surface area contributed by atoms with Crippen molar-refractivity contribution in [3.8, 4) is 5.75 Å². The molecule has 4 nitrogen and oxygen atoms in total. The predicted molar refractivity (Wildman–Crippen MR) is 87.3 cm³/mol. The third-order valence-electron chi connectivity index (χ3n) is 3.37. The highest BCUT2D eigenvalue weighted by Crippen LogP contribution is 2.24. The molecule has 0 spiro atoms. The summed E-state index contributed by atoms with van der Waals surface area (Å²) >= 11 is 0. The number of pyridine rings is 1. The minimum absolute atomic E-state index is 0.859. The van der Waals surface area contributed by atoms with Crippen molar-refractivity contribution in [2.24, 2.45) is 0 Å². The second-order valence-corrected chi connectivity index (χ2v) is 4.96. The first kappa shape index (κ1) is 15.3. The molecule has 0 saturated carbocycles. The molecule has 0 fully saturated rings. The highest BCUT2D eigenvalue weighted by atomic mass is 16.5. The summed E-state index contributed by atoms with van der Waals surface area (Å²) < 4.78 is 5.19. The molecule has 0 atom stereocenters. The van der Waals surface area contributed by atoms with Crippen molar-refractivity contribution >= 4 is 11.5 Å². The van der Waals surface area contributed by atoms with E-state index < -0.39 is 0 Å². The summed E-state index contributed by atoms with van der Waals surface area (Å²) in [6.07, 6.45) is 3.00. The van der Waals surface area contributed by atoms with Crippen LogP contribution in [0, 0.1) is 0 Å². The highest BCUT2D eigenvalue weighted by molar-refractivity contribution is 5.60. The van der Waals surface area contributed by atoms with Crippen LogP contribution in [0.1, 0.15) is 18.9 Å². The lowest BCUT2D eigenvalue weighted by molar-refractivity contribution is 0.415. The Kier molecular flexibility index (Phi) is 5.58. The van der Waals surface area contributed by atoms with E-state index in [2.05, 4.69) is 28.2 Å². The van der Waals surface area contributed by atoms with Gasteiger partial charge in [0.15, 0.2) is 0 Å². The Morgan fingerprint density at radius 1 is 1.19 bits per heavy atom. The molecule has 0 radical (unpaired) electrons. The molecule has 112 valence electrons. The van der Waals surface area contributed by atoms with E-state index >= 15 is 0 Å². The second-order valence-electron chi connectivity index (χ2n) is 4.96. The molecule has 1 heterocycles. The molecule has 0 aliphatic rings. The number of hydrogen-bond donors (Lipinski definition) is 1. The van der Waals surface area contributed by atoms with E-state index in [0.717, 1.165) is 36.8 Å². The lowest BCUT2D eigenvalue weighted by Gasteiger charge is -2.19. The molecule has 0 amide bonds. The normalized spacial score (nSPS) is 10.4. The van der Waals surface area contributed by atoms with E-state index in [-0.39, 0.29) is 0 Å². The Labute approximate surface area is 126 Å². The van der Waals surface area contributed by atoms with Crippen molar-refractivity contribution in [2.45, 2.75) is 19.9 Å². The third-order valence-corrected chi connectivity index (χ3v) is 3.37. The molecule has 1 aromatic heterocycles. The fourth-order valence-electron chi connectivity index (χ4n) is 2.10. The molecule has 2 aromatic rings. The van der Waals surface area contributed by atoms with Gasteiger partial charge in [0.05, 0.1) is 7.11 Å². The van der Waals surface area contributed by atoms with Gasteiger partial charge in [-0.3, -0.25) is 0 Å². The van der Waals surface area contributed by atoms with Gasteiger partial charge in [0.1, 0.15) is 11.6 Å². The summed E-state index contributed by atoms with van der Waals surface area (Å²) in [7, 11) is 3.69. The van der Waals surface area contributed by atoms with Crippen LogP contribution in [-0.2, 0) is 6.54 Å². The van der Waals surface area contributed by atoms with E-state index in [1.165, 1.54) is 5.56 Å². The maximum atomic E-state index is 5.19. The predicted octanol–water partition coefficient (Wildman–Crippen LogP) is 3.36. The third kappa shape index (κ3) is 4.20. The lowest BCUT2D eigenvalue weighted by Crippen LogP contribution is -2.15. The summed E-state index contributed by atoms with van der Waals surface area (Å²) in [6, 6.07) is 12.1. The molecular weight excluding hydrogens is 262 g/mol.